The summed E-state index contributed by atoms with van der Waals surface area (Å²) in [5.41, 5.74) is 3.46. The second-order valence-corrected chi connectivity index (χ2v) is 11.2. The number of amides is 1. The highest BCUT2D eigenvalue weighted by molar-refractivity contribution is 5.77. The maximum Gasteiger partial charge on any atom is 0.257 e. The van der Waals surface area contributed by atoms with Gasteiger partial charge in [-0.2, -0.15) is 0 Å². The van der Waals surface area contributed by atoms with Crippen molar-refractivity contribution >= 4 is 5.91 Å². The first kappa shape index (κ1) is 24.9. The molecule has 2 fully saturated rings. The average molecular weight is 512 g/mol. The Morgan fingerprint density at radius 1 is 1.05 bits per heavy atom. The summed E-state index contributed by atoms with van der Waals surface area (Å²) < 4.78 is 8.17. The number of aryl methyl sites for hydroxylation is 1. The van der Waals surface area contributed by atoms with Crippen molar-refractivity contribution in [2.45, 2.75) is 38.1 Å². The van der Waals surface area contributed by atoms with Crippen LogP contribution in [-0.2, 0) is 18.4 Å². The molecular formula is C31H37N5O2. The largest absolute Gasteiger partial charge is 0.483 e. The van der Waals surface area contributed by atoms with Crippen molar-refractivity contribution in [3.8, 4) is 16.9 Å². The molecule has 3 atom stereocenters. The van der Waals surface area contributed by atoms with E-state index in [1.54, 1.807) is 6.33 Å². The number of rotatable bonds is 9. The highest BCUT2D eigenvalue weighted by Gasteiger charge is 2.35. The molecule has 1 saturated heterocycles. The van der Waals surface area contributed by atoms with E-state index in [2.05, 4.69) is 69.0 Å². The predicted molar refractivity (Wildman–Crippen MR) is 147 cm³/mol. The Bertz CT molecular complexity index is 1280. The number of allylic oxidation sites excluding steroid dienone is 2. The molecular weight excluding hydrogens is 474 g/mol. The van der Waals surface area contributed by atoms with E-state index in [4.69, 9.17) is 4.74 Å². The fourth-order valence-electron chi connectivity index (χ4n) is 6.47. The van der Waals surface area contributed by atoms with Gasteiger partial charge >= 0.3 is 0 Å². The monoisotopic (exact) mass is 511 g/mol. The molecule has 38 heavy (non-hydrogen) atoms. The van der Waals surface area contributed by atoms with Gasteiger partial charge in [-0.05, 0) is 79.8 Å². The zero-order chi connectivity index (χ0) is 25.9. The van der Waals surface area contributed by atoms with Gasteiger partial charge in [-0.3, -0.25) is 9.69 Å². The summed E-state index contributed by atoms with van der Waals surface area (Å²) in [5.74, 6) is 4.19. The minimum atomic E-state index is -0.0423. The second kappa shape index (κ2) is 11.1. The third kappa shape index (κ3) is 5.53. The zero-order valence-corrected chi connectivity index (χ0v) is 22.1. The highest BCUT2D eigenvalue weighted by Crippen LogP contribution is 2.43. The van der Waals surface area contributed by atoms with Crippen LogP contribution in [0.25, 0.3) is 11.1 Å². The van der Waals surface area contributed by atoms with E-state index in [9.17, 15) is 4.79 Å². The molecule has 2 aromatic carbocycles. The molecule has 2 heterocycles. The normalized spacial score (nSPS) is 23.1. The summed E-state index contributed by atoms with van der Waals surface area (Å²) in [6, 6.07) is 16.8. The van der Waals surface area contributed by atoms with E-state index in [-0.39, 0.29) is 12.5 Å². The number of fused-ring (bicyclic) bond motifs is 2. The molecule has 3 aliphatic rings. The quantitative estimate of drug-likeness (QED) is 0.426. The number of nitrogens with one attached hydrogen (secondary N) is 1. The molecule has 198 valence electrons. The molecule has 2 aliphatic carbocycles. The van der Waals surface area contributed by atoms with E-state index in [1.165, 1.54) is 18.4 Å². The molecule has 7 heteroatoms. The number of carbonyl (C=O) groups excluding carboxylic acids is 1. The van der Waals surface area contributed by atoms with Crippen molar-refractivity contribution in [2.75, 3.05) is 26.2 Å². The van der Waals surface area contributed by atoms with E-state index in [0.717, 1.165) is 61.7 Å². The van der Waals surface area contributed by atoms with Crippen molar-refractivity contribution in [2.24, 2.45) is 24.8 Å². The van der Waals surface area contributed by atoms with E-state index >= 15 is 0 Å². The average Bonchev–Trinajstić information content (AvgIpc) is 3.70. The van der Waals surface area contributed by atoms with Gasteiger partial charge in [-0.1, -0.05) is 48.6 Å². The number of piperidine rings is 1. The van der Waals surface area contributed by atoms with Crippen molar-refractivity contribution in [1.29, 1.82) is 0 Å². The Kier molecular flexibility index (Phi) is 7.27. The van der Waals surface area contributed by atoms with Gasteiger partial charge < -0.3 is 14.6 Å². The van der Waals surface area contributed by atoms with Crippen LogP contribution in [0.15, 0.2) is 67.0 Å². The van der Waals surface area contributed by atoms with Crippen LogP contribution in [0, 0.1) is 17.8 Å². The zero-order valence-electron chi connectivity index (χ0n) is 22.1. The molecule has 1 amide bonds. The number of aromatic nitrogens is 3. The number of hydrogen-bond acceptors (Lipinski definition) is 5. The lowest BCUT2D eigenvalue weighted by atomic mass is 9.94. The lowest BCUT2D eigenvalue weighted by Gasteiger charge is -2.32. The molecule has 1 N–H and O–H groups in total. The fourth-order valence-corrected chi connectivity index (χ4v) is 6.47. The SMILES string of the molecule is Cn1cnnc1C1CCN(Cc2cc(-c3ccccc3)ccc2OCC(=O)NC[C@@H]2C[C@H]3C=C[C@@H]2C3)CC1. The minimum absolute atomic E-state index is 0.0423. The van der Waals surface area contributed by atoms with Gasteiger partial charge in [0.2, 0.25) is 0 Å². The van der Waals surface area contributed by atoms with E-state index in [0.29, 0.717) is 23.7 Å². The Morgan fingerprint density at radius 3 is 2.61 bits per heavy atom. The molecule has 0 radical (unpaired) electrons. The molecule has 3 aromatic rings. The van der Waals surface area contributed by atoms with Crippen LogP contribution >= 0.6 is 0 Å². The van der Waals surface area contributed by atoms with Gasteiger partial charge in [-0.25, -0.2) is 0 Å². The smallest absolute Gasteiger partial charge is 0.257 e. The summed E-state index contributed by atoms with van der Waals surface area (Å²) >= 11 is 0. The first-order valence-corrected chi connectivity index (χ1v) is 13.9. The van der Waals surface area contributed by atoms with Gasteiger partial charge in [0.15, 0.2) is 6.61 Å². The molecule has 0 unspecified atom stereocenters. The van der Waals surface area contributed by atoms with Crippen LogP contribution in [0.5, 0.6) is 5.75 Å². The van der Waals surface area contributed by atoms with Gasteiger partial charge in [0, 0.05) is 31.6 Å². The highest BCUT2D eigenvalue weighted by atomic mass is 16.5. The minimum Gasteiger partial charge on any atom is -0.483 e. The Labute approximate surface area is 224 Å². The van der Waals surface area contributed by atoms with Gasteiger partial charge in [-0.15, -0.1) is 10.2 Å². The number of hydrogen-bond donors (Lipinski definition) is 1. The first-order chi connectivity index (χ1) is 18.6. The van der Waals surface area contributed by atoms with Crippen LogP contribution in [0.4, 0.5) is 0 Å². The van der Waals surface area contributed by atoms with E-state index < -0.39 is 0 Å². The van der Waals surface area contributed by atoms with Gasteiger partial charge in [0.1, 0.15) is 17.9 Å². The van der Waals surface area contributed by atoms with Crippen molar-refractivity contribution in [3.05, 3.63) is 78.4 Å². The van der Waals surface area contributed by atoms with Crippen molar-refractivity contribution in [3.63, 3.8) is 0 Å². The summed E-state index contributed by atoms with van der Waals surface area (Å²) in [6.45, 7) is 3.56. The number of nitrogens with zero attached hydrogens (tertiary/aromatic N) is 4. The molecule has 0 spiro atoms. The van der Waals surface area contributed by atoms with Crippen molar-refractivity contribution in [1.82, 2.24) is 25.0 Å². The standard InChI is InChI=1S/C31H37N5O2/c1-35-21-33-34-31(35)24-11-13-36(14-12-24)19-28-17-26(23-5-3-2-4-6-23)9-10-29(28)38-20-30(37)32-18-27-16-22-7-8-25(27)15-22/h2-10,17,21-22,24-25,27H,11-16,18-20H2,1H3,(H,32,37)/t22-,25+,27-/m0/s1. The summed E-state index contributed by atoms with van der Waals surface area (Å²) in [5, 5.41) is 11.5. The topological polar surface area (TPSA) is 72.3 Å². The molecule has 1 saturated carbocycles. The van der Waals surface area contributed by atoms with Crippen LogP contribution in [0.3, 0.4) is 0 Å². The maximum absolute atomic E-state index is 12.7. The number of carbonyl (C=O) groups is 1. The Morgan fingerprint density at radius 2 is 1.89 bits per heavy atom. The predicted octanol–water partition coefficient (Wildman–Crippen LogP) is 4.57. The Balaban J connectivity index is 1.10. The summed E-state index contributed by atoms with van der Waals surface area (Å²) in [6.07, 6.45) is 11.0. The molecule has 1 aromatic heterocycles. The first-order valence-electron chi connectivity index (χ1n) is 13.9. The molecule has 7 nitrogen and oxygen atoms in total. The second-order valence-electron chi connectivity index (χ2n) is 11.2. The molecule has 2 bridgehead atoms. The maximum atomic E-state index is 12.7. The van der Waals surface area contributed by atoms with Crippen LogP contribution in [0.1, 0.15) is 43.0 Å². The van der Waals surface area contributed by atoms with Crippen LogP contribution < -0.4 is 10.1 Å². The fraction of sp³-hybridized carbons (Fsp3) is 0.452. The molecule has 6 rings (SSSR count). The van der Waals surface area contributed by atoms with Gasteiger partial charge in [0.05, 0.1) is 0 Å². The number of benzene rings is 2. The van der Waals surface area contributed by atoms with Crippen LogP contribution in [-0.4, -0.2) is 51.8 Å². The summed E-state index contributed by atoms with van der Waals surface area (Å²) in [7, 11) is 2.02. The van der Waals surface area contributed by atoms with E-state index in [1.807, 2.05) is 23.7 Å². The lowest BCUT2D eigenvalue weighted by Crippen LogP contribution is -2.35. The molecule has 1 aliphatic heterocycles. The number of likely N-dealkylation sites (tertiary alicyclic amines) is 1. The third-order valence-corrected chi connectivity index (χ3v) is 8.60. The van der Waals surface area contributed by atoms with Crippen molar-refractivity contribution < 1.29 is 9.53 Å². The summed E-state index contributed by atoms with van der Waals surface area (Å²) in [4.78, 5) is 15.1. The lowest BCUT2D eigenvalue weighted by molar-refractivity contribution is -0.123. The number of ether oxygens (including phenoxy) is 1. The third-order valence-electron chi connectivity index (χ3n) is 8.60. The van der Waals surface area contributed by atoms with Crippen LogP contribution in [0.2, 0.25) is 0 Å². The Hall–Kier alpha value is -3.45. The van der Waals surface area contributed by atoms with Gasteiger partial charge in [0.25, 0.3) is 5.91 Å².